The zero-order valence-corrected chi connectivity index (χ0v) is 9.64. The van der Waals surface area contributed by atoms with E-state index in [9.17, 15) is 14.7 Å². The number of aromatic nitrogens is 1. The predicted octanol–water partition coefficient (Wildman–Crippen LogP) is 1.74. The minimum absolute atomic E-state index is 0.0941. The lowest BCUT2D eigenvalue weighted by molar-refractivity contribution is 0.0595. The van der Waals surface area contributed by atoms with Gasteiger partial charge in [0.1, 0.15) is 11.4 Å². The Bertz CT molecular complexity index is 601. The molecular weight excluding hydrogens is 234 g/mol. The van der Waals surface area contributed by atoms with E-state index < -0.39 is 5.97 Å². The first-order valence-corrected chi connectivity index (χ1v) is 5.23. The van der Waals surface area contributed by atoms with Crippen molar-refractivity contribution in [3.63, 3.8) is 0 Å². The van der Waals surface area contributed by atoms with Crippen molar-refractivity contribution in [3.8, 4) is 5.75 Å². The maximum absolute atomic E-state index is 12.1. The van der Waals surface area contributed by atoms with Gasteiger partial charge in [-0.1, -0.05) is 12.1 Å². The largest absolute Gasteiger partial charge is 0.507 e. The zero-order valence-electron chi connectivity index (χ0n) is 9.64. The third kappa shape index (κ3) is 2.10. The van der Waals surface area contributed by atoms with Gasteiger partial charge in [0.15, 0.2) is 5.78 Å². The quantitative estimate of drug-likeness (QED) is 0.637. The summed E-state index contributed by atoms with van der Waals surface area (Å²) in [5.74, 6) is -1.01. The summed E-state index contributed by atoms with van der Waals surface area (Å²) in [5, 5.41) is 9.58. The highest BCUT2D eigenvalue weighted by Crippen LogP contribution is 2.20. The molecule has 2 N–H and O–H groups in total. The number of hydrogen-bond donors (Lipinski definition) is 2. The van der Waals surface area contributed by atoms with Crippen LogP contribution < -0.4 is 0 Å². The SMILES string of the molecule is COC(=O)c1cc(C(=O)c2ccccc2O)c[nH]1. The van der Waals surface area contributed by atoms with E-state index in [0.717, 1.165) is 0 Å². The van der Waals surface area contributed by atoms with Crippen molar-refractivity contribution < 1.29 is 19.4 Å². The topological polar surface area (TPSA) is 79.4 Å². The standard InChI is InChI=1S/C13H11NO4/c1-18-13(17)10-6-8(7-14-10)12(16)9-4-2-3-5-11(9)15/h2-7,14-15H,1H3. The molecule has 1 aromatic heterocycles. The summed E-state index contributed by atoms with van der Waals surface area (Å²) < 4.78 is 4.53. The number of ketones is 1. The number of phenols is 1. The Morgan fingerprint density at radius 3 is 2.67 bits per heavy atom. The van der Waals surface area contributed by atoms with Crippen LogP contribution in [0.3, 0.4) is 0 Å². The van der Waals surface area contributed by atoms with Crippen LogP contribution in [0.5, 0.6) is 5.75 Å². The molecule has 0 bridgehead atoms. The number of para-hydroxylation sites is 1. The van der Waals surface area contributed by atoms with Crippen LogP contribution in [0.4, 0.5) is 0 Å². The van der Waals surface area contributed by atoms with E-state index in [2.05, 4.69) is 9.72 Å². The van der Waals surface area contributed by atoms with Crippen LogP contribution in [0.15, 0.2) is 36.5 Å². The number of aromatic hydroxyl groups is 1. The fourth-order valence-electron chi connectivity index (χ4n) is 1.57. The highest BCUT2D eigenvalue weighted by molar-refractivity contribution is 6.11. The highest BCUT2D eigenvalue weighted by Gasteiger charge is 2.16. The predicted molar refractivity (Wildman–Crippen MR) is 63.7 cm³/mol. The van der Waals surface area contributed by atoms with Gasteiger partial charge in [0.25, 0.3) is 0 Å². The van der Waals surface area contributed by atoms with E-state index in [1.807, 2.05) is 0 Å². The second-order valence-electron chi connectivity index (χ2n) is 3.64. The minimum Gasteiger partial charge on any atom is -0.507 e. The summed E-state index contributed by atoms with van der Waals surface area (Å²) in [7, 11) is 1.26. The first-order chi connectivity index (χ1) is 8.63. The van der Waals surface area contributed by atoms with E-state index in [-0.39, 0.29) is 28.4 Å². The molecule has 1 aromatic carbocycles. The summed E-state index contributed by atoms with van der Waals surface area (Å²) in [6.45, 7) is 0. The number of benzene rings is 1. The number of ether oxygens (including phenoxy) is 1. The lowest BCUT2D eigenvalue weighted by atomic mass is 10.0. The lowest BCUT2D eigenvalue weighted by Crippen LogP contribution is -2.02. The van der Waals surface area contributed by atoms with Crippen molar-refractivity contribution in [2.45, 2.75) is 0 Å². The number of phenolic OH excluding ortho intramolecular Hbond substituents is 1. The molecule has 18 heavy (non-hydrogen) atoms. The van der Waals surface area contributed by atoms with Crippen LogP contribution in [0, 0.1) is 0 Å². The second kappa shape index (κ2) is 4.75. The Hall–Kier alpha value is -2.56. The molecule has 5 nitrogen and oxygen atoms in total. The Kier molecular flexibility index (Phi) is 3.14. The van der Waals surface area contributed by atoms with Gasteiger partial charge in [-0.15, -0.1) is 0 Å². The minimum atomic E-state index is -0.550. The molecule has 2 aromatic rings. The number of H-pyrrole nitrogens is 1. The van der Waals surface area contributed by atoms with Gasteiger partial charge in [0, 0.05) is 11.8 Å². The van der Waals surface area contributed by atoms with E-state index >= 15 is 0 Å². The van der Waals surface area contributed by atoms with Crippen molar-refractivity contribution in [3.05, 3.63) is 53.3 Å². The fraction of sp³-hybridized carbons (Fsp3) is 0.0769. The molecule has 0 saturated heterocycles. The third-order valence-corrected chi connectivity index (χ3v) is 2.50. The van der Waals surface area contributed by atoms with Gasteiger partial charge < -0.3 is 14.8 Å². The van der Waals surface area contributed by atoms with E-state index in [0.29, 0.717) is 0 Å². The Labute approximate surface area is 103 Å². The molecule has 0 aliphatic rings. The number of hydrogen-bond acceptors (Lipinski definition) is 4. The van der Waals surface area contributed by atoms with Crippen molar-refractivity contribution in [2.24, 2.45) is 0 Å². The van der Waals surface area contributed by atoms with Gasteiger partial charge in [-0.3, -0.25) is 4.79 Å². The van der Waals surface area contributed by atoms with Crippen LogP contribution in [0.2, 0.25) is 0 Å². The number of methoxy groups -OCH3 is 1. The molecule has 0 radical (unpaired) electrons. The number of nitrogens with one attached hydrogen (secondary N) is 1. The summed E-state index contributed by atoms with van der Waals surface area (Å²) in [6, 6.07) is 7.62. The molecule has 0 aliphatic carbocycles. The fourth-order valence-corrected chi connectivity index (χ4v) is 1.57. The maximum atomic E-state index is 12.1. The van der Waals surface area contributed by atoms with Gasteiger partial charge in [-0.2, -0.15) is 0 Å². The molecule has 92 valence electrons. The molecule has 1 heterocycles. The van der Waals surface area contributed by atoms with Crippen LogP contribution in [-0.2, 0) is 4.74 Å². The number of rotatable bonds is 3. The molecule has 5 heteroatoms. The van der Waals surface area contributed by atoms with Gasteiger partial charge >= 0.3 is 5.97 Å². The average Bonchev–Trinajstić information content (AvgIpc) is 2.87. The molecule has 0 aliphatic heterocycles. The number of carbonyl (C=O) groups excluding carboxylic acids is 2. The summed E-state index contributed by atoms with van der Waals surface area (Å²) >= 11 is 0. The zero-order chi connectivity index (χ0) is 13.1. The molecular formula is C13H11NO4. The Morgan fingerprint density at radius 1 is 1.28 bits per heavy atom. The van der Waals surface area contributed by atoms with E-state index in [1.165, 1.54) is 31.5 Å². The van der Waals surface area contributed by atoms with Crippen molar-refractivity contribution in [1.82, 2.24) is 4.98 Å². The lowest BCUT2D eigenvalue weighted by Gasteiger charge is -2.00. The number of carbonyl (C=O) groups is 2. The molecule has 0 unspecified atom stereocenters. The molecule has 0 fully saturated rings. The maximum Gasteiger partial charge on any atom is 0.354 e. The van der Waals surface area contributed by atoms with E-state index in [4.69, 9.17) is 0 Å². The molecule has 2 rings (SSSR count). The van der Waals surface area contributed by atoms with Crippen molar-refractivity contribution in [2.75, 3.05) is 7.11 Å². The van der Waals surface area contributed by atoms with Gasteiger partial charge in [0.05, 0.1) is 12.7 Å². The van der Waals surface area contributed by atoms with Gasteiger partial charge in [-0.05, 0) is 18.2 Å². The van der Waals surface area contributed by atoms with Crippen LogP contribution >= 0.6 is 0 Å². The van der Waals surface area contributed by atoms with Crippen LogP contribution in [-0.4, -0.2) is 29.0 Å². The van der Waals surface area contributed by atoms with Crippen LogP contribution in [0.1, 0.15) is 26.4 Å². The monoisotopic (exact) mass is 245 g/mol. The summed E-state index contributed by atoms with van der Waals surface area (Å²) in [4.78, 5) is 25.9. The van der Waals surface area contributed by atoms with Crippen molar-refractivity contribution >= 4 is 11.8 Å². The average molecular weight is 245 g/mol. The second-order valence-corrected chi connectivity index (χ2v) is 3.64. The van der Waals surface area contributed by atoms with Crippen molar-refractivity contribution in [1.29, 1.82) is 0 Å². The molecule has 0 atom stereocenters. The summed E-state index contributed by atoms with van der Waals surface area (Å²) in [6.07, 6.45) is 1.40. The van der Waals surface area contributed by atoms with Crippen LogP contribution in [0.25, 0.3) is 0 Å². The highest BCUT2D eigenvalue weighted by atomic mass is 16.5. The van der Waals surface area contributed by atoms with Gasteiger partial charge in [-0.25, -0.2) is 4.79 Å². The molecule has 0 saturated carbocycles. The number of aromatic amines is 1. The smallest absolute Gasteiger partial charge is 0.354 e. The first-order valence-electron chi connectivity index (χ1n) is 5.23. The molecule has 0 spiro atoms. The van der Waals surface area contributed by atoms with E-state index in [1.54, 1.807) is 12.1 Å². The first kappa shape index (κ1) is 11.9. The third-order valence-electron chi connectivity index (χ3n) is 2.50. The summed E-state index contributed by atoms with van der Waals surface area (Å²) in [5.41, 5.74) is 0.668. The normalized spacial score (nSPS) is 10.1. The Morgan fingerprint density at radius 2 is 2.00 bits per heavy atom. The van der Waals surface area contributed by atoms with Gasteiger partial charge in [0.2, 0.25) is 0 Å². The molecule has 0 amide bonds. The number of esters is 1. The Balaban J connectivity index is 2.33.